The molecule has 0 saturated heterocycles. The van der Waals surface area contributed by atoms with Gasteiger partial charge in [0.15, 0.2) is 0 Å². The molecule has 2 rings (SSSR count). The highest BCUT2D eigenvalue weighted by Crippen LogP contribution is 2.28. The molecule has 0 amide bonds. The average molecular weight is 359 g/mol. The summed E-state index contributed by atoms with van der Waals surface area (Å²) in [5, 5.41) is 6.13. The van der Waals surface area contributed by atoms with E-state index in [0.29, 0.717) is 5.82 Å². The van der Waals surface area contributed by atoms with E-state index in [0.717, 1.165) is 20.5 Å². The molecular formula is C10H9Br2N5. The van der Waals surface area contributed by atoms with Crippen LogP contribution < -0.4 is 10.6 Å². The van der Waals surface area contributed by atoms with Crippen molar-refractivity contribution in [2.75, 3.05) is 17.7 Å². The van der Waals surface area contributed by atoms with Crippen molar-refractivity contribution < 1.29 is 0 Å². The van der Waals surface area contributed by atoms with Gasteiger partial charge in [-0.05, 0) is 37.9 Å². The zero-order valence-corrected chi connectivity index (χ0v) is 12.1. The summed E-state index contributed by atoms with van der Waals surface area (Å²) in [6.07, 6.45) is 4.93. The second-order valence-electron chi connectivity index (χ2n) is 3.15. The zero-order chi connectivity index (χ0) is 12.3. The van der Waals surface area contributed by atoms with Crippen LogP contribution in [0.2, 0.25) is 0 Å². The Kier molecular flexibility index (Phi) is 3.90. The molecular weight excluding hydrogens is 350 g/mol. The molecule has 0 aliphatic carbocycles. The van der Waals surface area contributed by atoms with Gasteiger partial charge >= 0.3 is 0 Å². The number of rotatable bonds is 3. The summed E-state index contributed by atoms with van der Waals surface area (Å²) >= 11 is 6.80. The van der Waals surface area contributed by atoms with E-state index in [1.54, 1.807) is 19.4 Å². The minimum atomic E-state index is 0.684. The molecule has 0 bridgehead atoms. The molecule has 0 spiro atoms. The van der Waals surface area contributed by atoms with Gasteiger partial charge in [-0.3, -0.25) is 4.98 Å². The third kappa shape index (κ3) is 2.92. The molecule has 0 unspecified atom stereocenters. The average Bonchev–Trinajstić information content (AvgIpc) is 2.32. The Morgan fingerprint density at radius 1 is 1.12 bits per heavy atom. The summed E-state index contributed by atoms with van der Waals surface area (Å²) in [4.78, 5) is 12.3. The predicted molar refractivity (Wildman–Crippen MR) is 74.5 cm³/mol. The Morgan fingerprint density at radius 3 is 2.59 bits per heavy atom. The largest absolute Gasteiger partial charge is 0.372 e. The highest BCUT2D eigenvalue weighted by molar-refractivity contribution is 9.11. The van der Waals surface area contributed by atoms with E-state index >= 15 is 0 Å². The van der Waals surface area contributed by atoms with Gasteiger partial charge in [-0.25, -0.2) is 9.97 Å². The molecule has 2 N–H and O–H groups in total. The molecule has 2 aromatic rings. The second kappa shape index (κ2) is 5.42. The van der Waals surface area contributed by atoms with Gasteiger partial charge in [-0.2, -0.15) is 0 Å². The molecule has 88 valence electrons. The van der Waals surface area contributed by atoms with Gasteiger partial charge in [-0.1, -0.05) is 0 Å². The molecule has 17 heavy (non-hydrogen) atoms. The van der Waals surface area contributed by atoms with Crippen molar-refractivity contribution in [3.63, 3.8) is 0 Å². The standard InChI is InChI=1S/C10H9Br2N5/c1-13-9-8(12)10(16-5-15-9)17-7-2-6(11)3-14-4-7/h2-5H,1H3,(H2,13,15,16,17). The van der Waals surface area contributed by atoms with Gasteiger partial charge < -0.3 is 10.6 Å². The summed E-state index contributed by atoms with van der Waals surface area (Å²) in [7, 11) is 1.80. The fraction of sp³-hybridized carbons (Fsp3) is 0.100. The number of hydrogen-bond acceptors (Lipinski definition) is 5. The summed E-state index contributed by atoms with van der Waals surface area (Å²) in [5.41, 5.74) is 0.848. The third-order valence-corrected chi connectivity index (χ3v) is 3.18. The molecule has 5 nitrogen and oxygen atoms in total. The van der Waals surface area contributed by atoms with Crippen LogP contribution in [0.4, 0.5) is 17.3 Å². The molecule has 2 heterocycles. The lowest BCUT2D eigenvalue weighted by atomic mass is 10.4. The van der Waals surface area contributed by atoms with E-state index in [1.807, 2.05) is 6.07 Å². The van der Waals surface area contributed by atoms with Crippen LogP contribution in [0.5, 0.6) is 0 Å². The normalized spacial score (nSPS) is 10.1. The van der Waals surface area contributed by atoms with Gasteiger partial charge in [0.2, 0.25) is 0 Å². The van der Waals surface area contributed by atoms with Crippen LogP contribution in [0.1, 0.15) is 0 Å². The lowest BCUT2D eigenvalue weighted by Gasteiger charge is -2.09. The van der Waals surface area contributed by atoms with Crippen LogP contribution >= 0.6 is 31.9 Å². The monoisotopic (exact) mass is 357 g/mol. The highest BCUT2D eigenvalue weighted by Gasteiger charge is 2.07. The Bertz CT molecular complexity index is 532. The van der Waals surface area contributed by atoms with Crippen LogP contribution in [0.15, 0.2) is 33.7 Å². The lowest BCUT2D eigenvalue weighted by Crippen LogP contribution is -2.00. The minimum absolute atomic E-state index is 0.684. The first-order chi connectivity index (χ1) is 8.20. The number of hydrogen-bond donors (Lipinski definition) is 2. The minimum Gasteiger partial charge on any atom is -0.372 e. The van der Waals surface area contributed by atoms with E-state index in [-0.39, 0.29) is 0 Å². The van der Waals surface area contributed by atoms with E-state index in [4.69, 9.17) is 0 Å². The Labute approximate surface area is 115 Å². The molecule has 0 radical (unpaired) electrons. The highest BCUT2D eigenvalue weighted by atomic mass is 79.9. The van der Waals surface area contributed by atoms with Gasteiger partial charge in [0.25, 0.3) is 0 Å². The molecule has 0 aliphatic heterocycles. The van der Waals surface area contributed by atoms with Crippen molar-refractivity contribution in [3.8, 4) is 0 Å². The number of pyridine rings is 1. The predicted octanol–water partition coefficient (Wildman–Crippen LogP) is 3.18. The van der Waals surface area contributed by atoms with Crippen LogP contribution in [0, 0.1) is 0 Å². The van der Waals surface area contributed by atoms with Crippen LogP contribution in [-0.2, 0) is 0 Å². The maximum absolute atomic E-state index is 4.16. The molecule has 0 fully saturated rings. The van der Waals surface area contributed by atoms with Crippen molar-refractivity contribution in [1.82, 2.24) is 15.0 Å². The summed E-state index contributed by atoms with van der Waals surface area (Å²) in [5.74, 6) is 1.41. The van der Waals surface area contributed by atoms with E-state index in [1.165, 1.54) is 6.33 Å². The number of anilines is 3. The van der Waals surface area contributed by atoms with Crippen molar-refractivity contribution in [2.24, 2.45) is 0 Å². The smallest absolute Gasteiger partial charge is 0.150 e. The maximum atomic E-state index is 4.16. The number of nitrogens with one attached hydrogen (secondary N) is 2. The zero-order valence-electron chi connectivity index (χ0n) is 8.91. The summed E-state index contributed by atoms with van der Waals surface area (Å²) in [6.45, 7) is 0. The summed E-state index contributed by atoms with van der Waals surface area (Å²) < 4.78 is 1.68. The molecule has 0 aromatic carbocycles. The van der Waals surface area contributed by atoms with Crippen molar-refractivity contribution in [1.29, 1.82) is 0 Å². The Balaban J connectivity index is 2.30. The Hall–Kier alpha value is -1.21. The number of halogens is 2. The SMILES string of the molecule is CNc1ncnc(Nc2cncc(Br)c2)c1Br. The fourth-order valence-corrected chi connectivity index (χ4v) is 2.12. The van der Waals surface area contributed by atoms with Crippen LogP contribution in [0.25, 0.3) is 0 Å². The van der Waals surface area contributed by atoms with Crippen molar-refractivity contribution >= 4 is 49.2 Å². The first-order valence-electron chi connectivity index (χ1n) is 4.76. The topological polar surface area (TPSA) is 62.7 Å². The third-order valence-electron chi connectivity index (χ3n) is 1.99. The second-order valence-corrected chi connectivity index (χ2v) is 4.86. The lowest BCUT2D eigenvalue weighted by molar-refractivity contribution is 1.14. The van der Waals surface area contributed by atoms with Gasteiger partial charge in [0.05, 0.1) is 11.9 Å². The van der Waals surface area contributed by atoms with Crippen LogP contribution in [0.3, 0.4) is 0 Å². The Morgan fingerprint density at radius 2 is 1.88 bits per heavy atom. The quantitative estimate of drug-likeness (QED) is 0.882. The van der Waals surface area contributed by atoms with E-state index in [9.17, 15) is 0 Å². The summed E-state index contributed by atoms with van der Waals surface area (Å²) in [6, 6.07) is 1.92. The van der Waals surface area contributed by atoms with Gasteiger partial charge in [-0.15, -0.1) is 0 Å². The van der Waals surface area contributed by atoms with Crippen molar-refractivity contribution in [2.45, 2.75) is 0 Å². The first-order valence-corrected chi connectivity index (χ1v) is 6.35. The molecule has 0 atom stereocenters. The van der Waals surface area contributed by atoms with E-state index in [2.05, 4.69) is 57.4 Å². The first kappa shape index (κ1) is 12.3. The molecule has 0 aliphatic rings. The van der Waals surface area contributed by atoms with Gasteiger partial charge in [0, 0.05) is 17.7 Å². The number of nitrogens with zero attached hydrogens (tertiary/aromatic N) is 3. The molecule has 0 saturated carbocycles. The van der Waals surface area contributed by atoms with Gasteiger partial charge in [0.1, 0.15) is 22.4 Å². The fourth-order valence-electron chi connectivity index (χ4n) is 1.25. The maximum Gasteiger partial charge on any atom is 0.150 e. The van der Waals surface area contributed by atoms with Crippen molar-refractivity contribution in [3.05, 3.63) is 33.7 Å². The number of aromatic nitrogens is 3. The molecule has 7 heteroatoms. The van der Waals surface area contributed by atoms with Crippen LogP contribution in [-0.4, -0.2) is 22.0 Å². The molecule has 2 aromatic heterocycles. The van der Waals surface area contributed by atoms with E-state index < -0.39 is 0 Å².